The van der Waals surface area contributed by atoms with Crippen molar-refractivity contribution in [1.82, 2.24) is 0 Å². The molecule has 0 atom stereocenters. The standard InChI is InChI=1S/C28H18N2O5/c29-17-20(26(31)30-25-14-4-3-12-24(25)27(32)33)15-18-7-5-10-21(16-18)35-28(34)23-13-6-9-19-8-1-2-11-22(19)23/h1-16H,(H,30,31)(H,32,33)/b20-15+. The lowest BCUT2D eigenvalue weighted by Gasteiger charge is -2.09. The van der Waals surface area contributed by atoms with Crippen LogP contribution in [-0.4, -0.2) is 23.0 Å². The van der Waals surface area contributed by atoms with E-state index in [1.54, 1.807) is 36.4 Å². The number of amides is 1. The number of carboxylic acid groups (broad SMARTS) is 1. The lowest BCUT2D eigenvalue weighted by atomic mass is 10.0. The van der Waals surface area contributed by atoms with Gasteiger partial charge in [0, 0.05) is 0 Å². The lowest BCUT2D eigenvalue weighted by Crippen LogP contribution is -2.16. The van der Waals surface area contributed by atoms with Crippen LogP contribution in [-0.2, 0) is 4.79 Å². The Morgan fingerprint density at radius 1 is 0.857 bits per heavy atom. The number of rotatable bonds is 6. The smallest absolute Gasteiger partial charge is 0.344 e. The van der Waals surface area contributed by atoms with E-state index in [0.717, 1.165) is 10.8 Å². The number of carboxylic acids is 1. The van der Waals surface area contributed by atoms with E-state index >= 15 is 0 Å². The molecule has 4 aromatic carbocycles. The van der Waals surface area contributed by atoms with Crippen molar-refractivity contribution in [2.75, 3.05) is 5.32 Å². The van der Waals surface area contributed by atoms with Gasteiger partial charge in [-0.25, -0.2) is 9.59 Å². The summed E-state index contributed by atoms with van der Waals surface area (Å²) in [4.78, 5) is 36.8. The minimum Gasteiger partial charge on any atom is -0.478 e. The van der Waals surface area contributed by atoms with Crippen molar-refractivity contribution in [1.29, 1.82) is 5.26 Å². The van der Waals surface area contributed by atoms with Crippen LogP contribution in [0.25, 0.3) is 16.8 Å². The summed E-state index contributed by atoms with van der Waals surface area (Å²) in [5.41, 5.74) is 0.594. The topological polar surface area (TPSA) is 116 Å². The van der Waals surface area contributed by atoms with Crippen LogP contribution in [0, 0.1) is 11.3 Å². The van der Waals surface area contributed by atoms with Gasteiger partial charge in [-0.05, 0) is 52.7 Å². The quantitative estimate of drug-likeness (QED) is 0.174. The zero-order chi connectivity index (χ0) is 24.8. The number of carbonyl (C=O) groups is 3. The van der Waals surface area contributed by atoms with E-state index in [0.29, 0.717) is 11.1 Å². The highest BCUT2D eigenvalue weighted by molar-refractivity contribution is 6.12. The van der Waals surface area contributed by atoms with Gasteiger partial charge in [-0.3, -0.25) is 4.79 Å². The van der Waals surface area contributed by atoms with E-state index < -0.39 is 17.8 Å². The van der Waals surface area contributed by atoms with E-state index in [4.69, 9.17) is 4.74 Å². The van der Waals surface area contributed by atoms with Gasteiger partial charge in [0.2, 0.25) is 0 Å². The largest absolute Gasteiger partial charge is 0.478 e. The first-order valence-corrected chi connectivity index (χ1v) is 10.5. The summed E-state index contributed by atoms with van der Waals surface area (Å²) in [6.07, 6.45) is 1.33. The third-order valence-corrected chi connectivity index (χ3v) is 5.16. The summed E-state index contributed by atoms with van der Waals surface area (Å²) in [7, 11) is 0. The van der Waals surface area contributed by atoms with Crippen LogP contribution >= 0.6 is 0 Å². The number of nitrogens with one attached hydrogen (secondary N) is 1. The van der Waals surface area contributed by atoms with Crippen LogP contribution in [0.4, 0.5) is 5.69 Å². The van der Waals surface area contributed by atoms with Crippen molar-refractivity contribution in [2.45, 2.75) is 0 Å². The monoisotopic (exact) mass is 462 g/mol. The average molecular weight is 462 g/mol. The summed E-state index contributed by atoms with van der Waals surface area (Å²) < 4.78 is 5.55. The second-order valence-electron chi connectivity index (χ2n) is 7.46. The number of carbonyl (C=O) groups excluding carboxylic acids is 2. The van der Waals surface area contributed by atoms with Crippen LogP contribution in [0.2, 0.25) is 0 Å². The highest BCUT2D eigenvalue weighted by Gasteiger charge is 2.16. The van der Waals surface area contributed by atoms with Gasteiger partial charge in [-0.2, -0.15) is 5.26 Å². The normalized spacial score (nSPS) is 10.9. The third kappa shape index (κ3) is 5.24. The Kier molecular flexibility index (Phi) is 6.66. The molecule has 0 fully saturated rings. The molecule has 0 heterocycles. The summed E-state index contributed by atoms with van der Waals surface area (Å²) in [5.74, 6) is -2.26. The van der Waals surface area contributed by atoms with Gasteiger partial charge in [-0.15, -0.1) is 0 Å². The predicted molar refractivity (Wildman–Crippen MR) is 131 cm³/mol. The minimum atomic E-state index is -1.20. The lowest BCUT2D eigenvalue weighted by molar-refractivity contribution is -0.112. The van der Waals surface area contributed by atoms with Crippen LogP contribution in [0.1, 0.15) is 26.3 Å². The van der Waals surface area contributed by atoms with Crippen molar-refractivity contribution in [2.24, 2.45) is 0 Å². The van der Waals surface area contributed by atoms with Gasteiger partial charge < -0.3 is 15.2 Å². The molecule has 0 aliphatic heterocycles. The Balaban J connectivity index is 1.55. The Labute approximate surface area is 200 Å². The van der Waals surface area contributed by atoms with Crippen molar-refractivity contribution < 1.29 is 24.2 Å². The number of hydrogen-bond acceptors (Lipinski definition) is 5. The highest BCUT2D eigenvalue weighted by atomic mass is 16.5. The van der Waals surface area contributed by atoms with Crippen molar-refractivity contribution in [3.05, 3.63) is 113 Å². The molecule has 35 heavy (non-hydrogen) atoms. The van der Waals surface area contributed by atoms with E-state index in [1.807, 2.05) is 36.4 Å². The molecule has 0 aromatic heterocycles. The third-order valence-electron chi connectivity index (χ3n) is 5.16. The van der Waals surface area contributed by atoms with Crippen molar-refractivity contribution in [3.8, 4) is 11.8 Å². The number of nitriles is 1. The van der Waals surface area contributed by atoms with Crippen LogP contribution in [0.15, 0.2) is 96.6 Å². The molecular weight excluding hydrogens is 444 g/mol. The maximum absolute atomic E-state index is 12.8. The number of anilines is 1. The van der Waals surface area contributed by atoms with E-state index in [1.165, 1.54) is 30.3 Å². The van der Waals surface area contributed by atoms with Crippen LogP contribution in [0.5, 0.6) is 5.75 Å². The molecule has 0 saturated heterocycles. The van der Waals surface area contributed by atoms with Gasteiger partial charge in [0.25, 0.3) is 5.91 Å². The molecule has 0 aliphatic carbocycles. The van der Waals surface area contributed by atoms with Gasteiger partial charge in [0.1, 0.15) is 17.4 Å². The number of para-hydroxylation sites is 1. The zero-order valence-corrected chi connectivity index (χ0v) is 18.3. The zero-order valence-electron chi connectivity index (χ0n) is 18.3. The SMILES string of the molecule is N#C/C(=C\c1cccc(OC(=O)c2cccc3ccccc23)c1)C(=O)Nc1ccccc1C(=O)O. The summed E-state index contributed by atoms with van der Waals surface area (Å²) in [5, 5.41) is 22.9. The first-order valence-electron chi connectivity index (χ1n) is 10.5. The van der Waals surface area contributed by atoms with Gasteiger partial charge in [-0.1, -0.05) is 60.7 Å². The fourth-order valence-electron chi connectivity index (χ4n) is 3.52. The van der Waals surface area contributed by atoms with Crippen LogP contribution < -0.4 is 10.1 Å². The molecule has 0 radical (unpaired) electrons. The van der Waals surface area contributed by atoms with Gasteiger partial charge in [0.15, 0.2) is 0 Å². The molecule has 7 nitrogen and oxygen atoms in total. The Bertz CT molecular complexity index is 1530. The summed E-state index contributed by atoms with van der Waals surface area (Å²) >= 11 is 0. The summed E-state index contributed by atoms with van der Waals surface area (Å²) in [6.45, 7) is 0. The molecule has 2 N–H and O–H groups in total. The molecule has 170 valence electrons. The Morgan fingerprint density at radius 2 is 1.54 bits per heavy atom. The molecular formula is C28H18N2O5. The second-order valence-corrected chi connectivity index (χ2v) is 7.46. The van der Waals surface area contributed by atoms with Crippen molar-refractivity contribution >= 4 is 40.4 Å². The second kappa shape index (κ2) is 10.1. The number of aromatic carboxylic acids is 1. The summed E-state index contributed by atoms with van der Waals surface area (Å²) in [6, 6.07) is 26.9. The molecule has 7 heteroatoms. The fourth-order valence-corrected chi connectivity index (χ4v) is 3.52. The molecule has 0 bridgehead atoms. The van der Waals surface area contributed by atoms with Crippen LogP contribution in [0.3, 0.4) is 0 Å². The molecule has 0 unspecified atom stereocenters. The number of nitrogens with zero attached hydrogens (tertiary/aromatic N) is 1. The molecule has 1 amide bonds. The first-order chi connectivity index (χ1) is 17.0. The maximum Gasteiger partial charge on any atom is 0.344 e. The molecule has 0 spiro atoms. The molecule has 0 aliphatic rings. The molecule has 4 rings (SSSR count). The predicted octanol–water partition coefficient (Wildman–Crippen LogP) is 5.30. The van der Waals surface area contributed by atoms with E-state index in [9.17, 15) is 24.8 Å². The average Bonchev–Trinajstić information content (AvgIpc) is 2.87. The fraction of sp³-hybridized carbons (Fsp3) is 0. The number of ether oxygens (including phenoxy) is 1. The van der Waals surface area contributed by atoms with Crippen molar-refractivity contribution in [3.63, 3.8) is 0 Å². The number of hydrogen-bond donors (Lipinski definition) is 2. The molecule has 0 saturated carbocycles. The number of esters is 1. The Hall–Kier alpha value is -5.22. The Morgan fingerprint density at radius 3 is 2.34 bits per heavy atom. The number of fused-ring (bicyclic) bond motifs is 1. The number of benzene rings is 4. The van der Waals surface area contributed by atoms with E-state index in [-0.39, 0.29) is 22.6 Å². The molecule has 4 aromatic rings. The van der Waals surface area contributed by atoms with Gasteiger partial charge in [0.05, 0.1) is 16.8 Å². The maximum atomic E-state index is 12.8. The first kappa shape index (κ1) is 23.0. The van der Waals surface area contributed by atoms with E-state index in [2.05, 4.69) is 5.32 Å². The minimum absolute atomic E-state index is 0.0731. The van der Waals surface area contributed by atoms with Gasteiger partial charge >= 0.3 is 11.9 Å². The highest BCUT2D eigenvalue weighted by Crippen LogP contribution is 2.22.